The highest BCUT2D eigenvalue weighted by Crippen LogP contribution is 2.34. The molecule has 0 aliphatic carbocycles. The summed E-state index contributed by atoms with van der Waals surface area (Å²) >= 11 is 11.8. The predicted octanol–water partition coefficient (Wildman–Crippen LogP) is 5.66. The second-order valence-electron chi connectivity index (χ2n) is 16.3. The number of carboxylic acid groups (broad SMARTS) is 1. The van der Waals surface area contributed by atoms with Crippen molar-refractivity contribution in [3.8, 4) is 29.3 Å². The van der Waals surface area contributed by atoms with Crippen LogP contribution in [0.15, 0.2) is 99.9 Å². The van der Waals surface area contributed by atoms with Gasteiger partial charge in [-0.25, -0.2) is 45.6 Å². The molecule has 6 aromatic rings. The highest BCUT2D eigenvalue weighted by Gasteiger charge is 2.31. The summed E-state index contributed by atoms with van der Waals surface area (Å²) < 4.78 is 150. The van der Waals surface area contributed by atoms with Gasteiger partial charge < -0.3 is 38.6 Å². The maximum absolute atomic E-state index is 12.5. The van der Waals surface area contributed by atoms with E-state index in [1.54, 1.807) is 21.6 Å². The molecule has 0 radical (unpaired) electrons. The molecule has 0 aliphatic rings. The molecule has 6 rings (SSSR count). The van der Waals surface area contributed by atoms with Gasteiger partial charge in [0.15, 0.2) is 14.9 Å². The highest BCUT2D eigenvalue weighted by molar-refractivity contribution is 7.93. The monoisotopic (exact) mass is 1360 g/mol. The Hall–Kier alpha value is -8.69. The van der Waals surface area contributed by atoms with Gasteiger partial charge in [0, 0.05) is 29.8 Å². The molecular weight excluding hydrogens is 1310 g/mol. The van der Waals surface area contributed by atoms with Crippen molar-refractivity contribution in [1.29, 1.82) is 0 Å². The number of nitro benzene ring substituents is 1. The molecule has 42 heteroatoms. The minimum atomic E-state index is -4.61. The Morgan fingerprint density at radius 2 is 1.35 bits per heavy atom. The number of nitrogens with zero attached hydrogens (tertiary/aromatic N) is 7. The maximum Gasteiger partial charge on any atom is 0.389 e. The Bertz CT molecular complexity index is 3880. The average molecular weight is 1360 g/mol. The molecule has 88 heavy (non-hydrogen) atoms. The van der Waals surface area contributed by atoms with Crippen LogP contribution in [0.1, 0.15) is 35.1 Å². The van der Waals surface area contributed by atoms with Crippen molar-refractivity contribution in [2.24, 2.45) is 0 Å². The number of aromatic nitrogens is 6. The molecule has 3 aromatic carbocycles. The number of rotatable bonds is 21. The summed E-state index contributed by atoms with van der Waals surface area (Å²) in [4.78, 5) is 93.8. The van der Waals surface area contributed by atoms with E-state index in [0.29, 0.717) is 10.8 Å². The number of pyridine rings is 1. The van der Waals surface area contributed by atoms with Gasteiger partial charge >= 0.3 is 43.8 Å². The number of ether oxygens (including phenoxy) is 5. The van der Waals surface area contributed by atoms with Crippen LogP contribution in [0, 0.1) is 17.0 Å². The summed E-state index contributed by atoms with van der Waals surface area (Å²) in [5, 5.41) is 25.1. The van der Waals surface area contributed by atoms with E-state index >= 15 is 0 Å². The van der Waals surface area contributed by atoms with Gasteiger partial charge in [0.1, 0.15) is 27.8 Å². The minimum Gasteiger partial charge on any atom is -0.481 e. The normalized spacial score (nSPS) is 11.2. The van der Waals surface area contributed by atoms with E-state index < -0.39 is 113 Å². The number of nitro groups is 1. The smallest absolute Gasteiger partial charge is 0.389 e. The predicted molar refractivity (Wildman–Crippen MR) is 301 cm³/mol. The Balaban J connectivity index is 0.000000322. The lowest BCUT2D eigenvalue weighted by Gasteiger charge is -2.13. The number of anilines is 2. The highest BCUT2D eigenvalue weighted by atomic mass is 35.5. The Morgan fingerprint density at radius 1 is 0.761 bits per heavy atom. The molecule has 0 aliphatic heterocycles. The number of carbonyl (C=O) groups is 4. The molecule has 0 bridgehead atoms. The van der Waals surface area contributed by atoms with Gasteiger partial charge in [-0.05, 0) is 61.4 Å². The van der Waals surface area contributed by atoms with E-state index in [4.69, 9.17) is 57.0 Å². The number of benzene rings is 3. The number of urea groups is 2. The van der Waals surface area contributed by atoms with Crippen LogP contribution in [0.5, 0.6) is 29.3 Å². The third kappa shape index (κ3) is 24.6. The summed E-state index contributed by atoms with van der Waals surface area (Å²) in [6, 6.07) is 14.6. The van der Waals surface area contributed by atoms with Crippen molar-refractivity contribution >= 4 is 102 Å². The minimum absolute atomic E-state index is 0.0612. The first kappa shape index (κ1) is 73.6. The van der Waals surface area contributed by atoms with Gasteiger partial charge in [-0.15, -0.1) is 0 Å². The van der Waals surface area contributed by atoms with E-state index in [9.17, 15) is 72.3 Å². The van der Waals surface area contributed by atoms with Gasteiger partial charge in [0.2, 0.25) is 23.7 Å². The average Bonchev–Trinajstić information content (AvgIpc) is 2.73. The number of sulfone groups is 1. The zero-order chi connectivity index (χ0) is 66.4. The van der Waals surface area contributed by atoms with Crippen LogP contribution in [0.4, 0.5) is 40.3 Å². The first-order valence-electron chi connectivity index (χ1n) is 23.7. The summed E-state index contributed by atoms with van der Waals surface area (Å²) in [5.74, 6) is -2.04. The third-order valence-corrected chi connectivity index (χ3v) is 15.6. The number of aryl methyl sites for hydroxylation is 2. The zero-order valence-electron chi connectivity index (χ0n) is 46.0. The number of aliphatic carboxylic acids is 1. The number of nitrogens with one attached hydrogen (secondary N) is 5. The van der Waals surface area contributed by atoms with E-state index in [-0.39, 0.29) is 68.8 Å². The molecule has 0 saturated heterocycles. The molecule has 33 nitrogen and oxygen atoms in total. The van der Waals surface area contributed by atoms with Crippen molar-refractivity contribution in [2.75, 3.05) is 57.7 Å². The van der Waals surface area contributed by atoms with Crippen molar-refractivity contribution in [3.05, 3.63) is 122 Å². The van der Waals surface area contributed by atoms with Gasteiger partial charge in [0.25, 0.3) is 25.7 Å². The second-order valence-corrected chi connectivity index (χ2v) is 24.3. The standard InChI is InChI=1S/C15H16F3N5O4S.C14H9Cl2NO5.C14H17N5O7S2.C3H8NO5P/c1-9-19-12(22-14(20-9)27-2)21-13(24)23-28(25,26)11-6-4-3-5-10(11)7-8-15(16,17)18;1-21-14(18)10-7-9(3-4-12(10)17(19)20)22-13-5-2-8(15)6-11(13)16;1-4-27(21,22)9-6-5-7-15-12(9)28(23,24)19-14(20)18-13-16-10(25-2)8-11(17-13)26-3;5-3(6)1-4-2-10(7,8)9/h3-6H,7-8H2,1-2H3,(H2,19,20,21,22,23,24);2-7H,1H3;5-8H,4H2,1-3H3,(H2,16,17,18,19,20);4H,1-2H2,(H,5,6)(H2,7,8,9). The third-order valence-electron chi connectivity index (χ3n) is 9.84. The summed E-state index contributed by atoms with van der Waals surface area (Å²) in [6.07, 6.45) is -5.70. The molecule has 0 unspecified atom stereocenters. The fourth-order valence-corrected chi connectivity index (χ4v) is 10.7. The topological polar surface area (TPSA) is 475 Å². The number of esters is 1. The van der Waals surface area contributed by atoms with E-state index in [1.165, 1.54) is 83.7 Å². The summed E-state index contributed by atoms with van der Waals surface area (Å²) in [6.45, 7) is 2.42. The van der Waals surface area contributed by atoms with Crippen LogP contribution in [-0.2, 0) is 50.4 Å². The first-order chi connectivity index (χ1) is 41.0. The quantitative estimate of drug-likeness (QED) is 0.0186. The van der Waals surface area contributed by atoms with Crippen LogP contribution in [0.25, 0.3) is 0 Å². The van der Waals surface area contributed by atoms with Crippen LogP contribution in [-0.4, -0.2) is 152 Å². The molecule has 0 fully saturated rings. The number of carboxylic acids is 1. The number of halogens is 5. The Morgan fingerprint density at radius 3 is 1.89 bits per heavy atom. The molecule has 3 heterocycles. The number of carbonyl (C=O) groups excluding carboxylic acids is 3. The van der Waals surface area contributed by atoms with Crippen LogP contribution >= 0.6 is 30.8 Å². The lowest BCUT2D eigenvalue weighted by atomic mass is 10.1. The number of hydrogen-bond donors (Lipinski definition) is 8. The Kier molecular flexibility index (Phi) is 27.5. The van der Waals surface area contributed by atoms with Crippen LogP contribution in [0.2, 0.25) is 10.0 Å². The van der Waals surface area contributed by atoms with Crippen molar-refractivity contribution in [1.82, 2.24) is 44.7 Å². The summed E-state index contributed by atoms with van der Waals surface area (Å²) in [7, 11) is -12.0. The number of amides is 4. The Labute approximate surface area is 507 Å². The van der Waals surface area contributed by atoms with E-state index in [2.05, 4.69) is 50.6 Å². The molecule has 4 amide bonds. The summed E-state index contributed by atoms with van der Waals surface area (Å²) in [5.41, 5.74) is -0.658. The van der Waals surface area contributed by atoms with Gasteiger partial charge in [-0.2, -0.15) is 46.5 Å². The molecule has 8 N–H and O–H groups in total. The van der Waals surface area contributed by atoms with Gasteiger partial charge in [0.05, 0.1) is 67.9 Å². The maximum atomic E-state index is 12.5. The molecule has 0 spiro atoms. The van der Waals surface area contributed by atoms with Gasteiger partial charge in [-0.3, -0.25) is 35.4 Å². The number of alkyl halides is 3. The molecule has 0 atom stereocenters. The second kappa shape index (κ2) is 32.9. The van der Waals surface area contributed by atoms with Gasteiger partial charge in [-0.1, -0.05) is 48.3 Å². The largest absolute Gasteiger partial charge is 0.481 e. The lowest BCUT2D eigenvalue weighted by molar-refractivity contribution is -0.385. The molecule has 3 aromatic heterocycles. The van der Waals surface area contributed by atoms with Crippen LogP contribution in [0.3, 0.4) is 0 Å². The number of methoxy groups -OCH3 is 4. The lowest BCUT2D eigenvalue weighted by Crippen LogP contribution is -2.36. The number of sulfonamides is 2. The fraction of sp³-hybridized carbons (Fsp3) is 0.261. The fourth-order valence-electron chi connectivity index (χ4n) is 6.10. The first-order valence-corrected chi connectivity index (χ1v) is 30.8. The number of hydrogen-bond acceptors (Lipinski definition) is 25. The van der Waals surface area contributed by atoms with E-state index in [1.807, 2.05) is 0 Å². The SMILES string of the molecule is CCS(=O)(=O)c1cccnc1S(=O)(=O)NC(=O)Nc1nc(OC)cc(OC)n1.COC(=O)c1cc(Oc2ccc(Cl)cc2Cl)ccc1[N+](=O)[O-].COc1nc(C)nc(NC(=O)NS(=O)(=O)c2ccccc2CCC(F)(F)F)n1.O=C(O)CNCP(=O)(O)O. The molecule has 478 valence electrons. The zero-order valence-corrected chi connectivity index (χ0v) is 50.9. The van der Waals surface area contributed by atoms with Crippen molar-refractivity contribution in [3.63, 3.8) is 0 Å². The molecular formula is C46H50Cl2F3N12O21PS3. The van der Waals surface area contributed by atoms with E-state index in [0.717, 1.165) is 31.5 Å². The van der Waals surface area contributed by atoms with Crippen molar-refractivity contribution < 1.29 is 106 Å². The van der Waals surface area contributed by atoms with Crippen molar-refractivity contribution in [2.45, 2.75) is 47.7 Å². The molecule has 0 saturated carbocycles. The van der Waals surface area contributed by atoms with Crippen LogP contribution < -0.4 is 44.3 Å².